The van der Waals surface area contributed by atoms with Crippen LogP contribution in [0.3, 0.4) is 0 Å². The third-order valence-electron chi connectivity index (χ3n) is 5.98. The van der Waals surface area contributed by atoms with Crippen LogP contribution < -0.4 is 9.47 Å². The Morgan fingerprint density at radius 1 is 1.14 bits per heavy atom. The van der Waals surface area contributed by atoms with Gasteiger partial charge in [0.1, 0.15) is 0 Å². The Morgan fingerprint density at radius 3 is 2.45 bits per heavy atom. The van der Waals surface area contributed by atoms with Crippen LogP contribution in [0.15, 0.2) is 12.1 Å². The summed E-state index contributed by atoms with van der Waals surface area (Å²) in [4.78, 5) is 2.35. The van der Waals surface area contributed by atoms with Gasteiger partial charge in [0.2, 0.25) is 6.79 Å². The average Bonchev–Trinajstić information content (AvgIpc) is 2.99. The number of hydrogen-bond donors (Lipinski definition) is 1. The highest BCUT2D eigenvalue weighted by molar-refractivity contribution is 5.54. The molecule has 0 amide bonds. The normalized spacial score (nSPS) is 30.5. The fraction of sp³-hybridized carbons (Fsp3) is 0.667. The van der Waals surface area contributed by atoms with Crippen molar-refractivity contribution in [2.45, 2.75) is 38.7 Å². The summed E-state index contributed by atoms with van der Waals surface area (Å²) in [6.07, 6.45) is 2.98. The fourth-order valence-corrected chi connectivity index (χ4v) is 4.66. The van der Waals surface area contributed by atoms with E-state index in [-0.39, 0.29) is 12.2 Å². The number of hydrogen-bond acceptors (Lipinski definition) is 4. The molecule has 0 radical (unpaired) electrons. The van der Waals surface area contributed by atoms with Gasteiger partial charge in [-0.05, 0) is 68.6 Å². The number of aliphatic hydroxyl groups is 1. The van der Waals surface area contributed by atoms with E-state index in [1.807, 2.05) is 6.07 Å². The molecular weight excluding hydrogens is 278 g/mol. The number of nitrogens with zero attached hydrogens (tertiary/aromatic N) is 1. The van der Waals surface area contributed by atoms with Crippen molar-refractivity contribution in [3.8, 4) is 11.5 Å². The van der Waals surface area contributed by atoms with Crippen LogP contribution in [0.1, 0.15) is 37.8 Å². The van der Waals surface area contributed by atoms with Gasteiger partial charge in [-0.25, -0.2) is 0 Å². The summed E-state index contributed by atoms with van der Waals surface area (Å²) in [5.74, 6) is 1.91. The Bertz CT molecular complexity index is 605. The molecule has 4 heteroatoms. The van der Waals surface area contributed by atoms with Gasteiger partial charge in [-0.15, -0.1) is 0 Å². The Labute approximate surface area is 132 Å². The van der Waals surface area contributed by atoms with Gasteiger partial charge >= 0.3 is 0 Å². The maximum absolute atomic E-state index is 11.8. The standard InChI is InChI=1S/C18H25NO3/c1-17(2)10-12-8-15-16(22-11-21-15)9-14(12)18(17,20)13-4-6-19(3)7-5-13/h8-9,13,20H,4-7,10-11H2,1-3H3. The van der Waals surface area contributed by atoms with Crippen LogP contribution in [0.25, 0.3) is 0 Å². The van der Waals surface area contributed by atoms with Crippen LogP contribution in [-0.2, 0) is 12.0 Å². The third-order valence-corrected chi connectivity index (χ3v) is 5.98. The lowest BCUT2D eigenvalue weighted by atomic mass is 9.65. The van der Waals surface area contributed by atoms with Crippen molar-refractivity contribution in [1.82, 2.24) is 4.90 Å². The van der Waals surface area contributed by atoms with Gasteiger partial charge < -0.3 is 19.5 Å². The van der Waals surface area contributed by atoms with Crippen LogP contribution in [0.4, 0.5) is 0 Å². The molecular formula is C18H25NO3. The molecule has 2 heterocycles. The van der Waals surface area contributed by atoms with Crippen LogP contribution >= 0.6 is 0 Å². The third kappa shape index (κ3) is 1.83. The maximum atomic E-state index is 11.8. The average molecular weight is 303 g/mol. The van der Waals surface area contributed by atoms with Crippen molar-refractivity contribution in [2.24, 2.45) is 11.3 Å². The lowest BCUT2D eigenvalue weighted by Gasteiger charge is -2.46. The van der Waals surface area contributed by atoms with Crippen molar-refractivity contribution >= 4 is 0 Å². The molecule has 4 nitrogen and oxygen atoms in total. The summed E-state index contributed by atoms with van der Waals surface area (Å²) in [7, 11) is 2.16. The molecule has 1 aliphatic carbocycles. The minimum atomic E-state index is -0.773. The van der Waals surface area contributed by atoms with Crippen LogP contribution in [-0.4, -0.2) is 36.9 Å². The van der Waals surface area contributed by atoms with Gasteiger partial charge in [0.15, 0.2) is 11.5 Å². The number of ether oxygens (including phenoxy) is 2. The first-order valence-corrected chi connectivity index (χ1v) is 8.26. The zero-order valence-corrected chi connectivity index (χ0v) is 13.7. The van der Waals surface area contributed by atoms with E-state index < -0.39 is 5.60 Å². The maximum Gasteiger partial charge on any atom is 0.231 e. The van der Waals surface area contributed by atoms with Crippen molar-refractivity contribution < 1.29 is 14.6 Å². The lowest BCUT2D eigenvalue weighted by molar-refractivity contribution is -0.121. The summed E-state index contributed by atoms with van der Waals surface area (Å²) < 4.78 is 11.1. The smallest absolute Gasteiger partial charge is 0.231 e. The molecule has 0 aromatic heterocycles. The highest BCUT2D eigenvalue weighted by Gasteiger charge is 2.56. The Morgan fingerprint density at radius 2 is 1.77 bits per heavy atom. The van der Waals surface area contributed by atoms with Gasteiger partial charge in [0, 0.05) is 5.41 Å². The predicted molar refractivity (Wildman–Crippen MR) is 84.2 cm³/mol. The minimum Gasteiger partial charge on any atom is -0.454 e. The molecule has 1 aromatic carbocycles. The van der Waals surface area contributed by atoms with Crippen molar-refractivity contribution in [3.05, 3.63) is 23.3 Å². The summed E-state index contributed by atoms with van der Waals surface area (Å²) in [6, 6.07) is 4.11. The highest BCUT2D eigenvalue weighted by atomic mass is 16.7. The number of piperidine rings is 1. The monoisotopic (exact) mass is 303 g/mol. The molecule has 22 heavy (non-hydrogen) atoms. The van der Waals surface area contributed by atoms with Crippen molar-refractivity contribution in [1.29, 1.82) is 0 Å². The van der Waals surface area contributed by atoms with E-state index in [4.69, 9.17) is 9.47 Å². The molecule has 1 unspecified atom stereocenters. The van der Waals surface area contributed by atoms with Gasteiger partial charge in [-0.3, -0.25) is 0 Å². The molecule has 120 valence electrons. The molecule has 0 saturated carbocycles. The molecule has 1 fully saturated rings. The Hall–Kier alpha value is -1.26. The first-order chi connectivity index (χ1) is 10.4. The molecule has 1 atom stereocenters. The number of likely N-dealkylation sites (tertiary alicyclic amines) is 1. The quantitative estimate of drug-likeness (QED) is 0.865. The van der Waals surface area contributed by atoms with E-state index in [0.717, 1.165) is 49.4 Å². The first-order valence-electron chi connectivity index (χ1n) is 8.26. The van der Waals surface area contributed by atoms with E-state index in [0.29, 0.717) is 5.92 Å². The van der Waals surface area contributed by atoms with Crippen LogP contribution in [0.2, 0.25) is 0 Å². The summed E-state index contributed by atoms with van der Waals surface area (Å²) >= 11 is 0. The number of rotatable bonds is 1. The van der Waals surface area contributed by atoms with Crippen LogP contribution in [0.5, 0.6) is 11.5 Å². The molecule has 1 saturated heterocycles. The zero-order chi connectivity index (χ0) is 15.5. The topological polar surface area (TPSA) is 41.9 Å². The van der Waals surface area contributed by atoms with E-state index >= 15 is 0 Å². The van der Waals surface area contributed by atoms with Crippen molar-refractivity contribution in [3.63, 3.8) is 0 Å². The van der Waals surface area contributed by atoms with Gasteiger partial charge in [-0.1, -0.05) is 13.8 Å². The van der Waals surface area contributed by atoms with Gasteiger partial charge in [0.25, 0.3) is 0 Å². The summed E-state index contributed by atoms with van der Waals surface area (Å²) in [5, 5.41) is 11.8. The molecule has 0 bridgehead atoms. The molecule has 3 aliphatic rings. The van der Waals surface area contributed by atoms with Gasteiger partial charge in [-0.2, -0.15) is 0 Å². The molecule has 4 rings (SSSR count). The van der Waals surface area contributed by atoms with Gasteiger partial charge in [0.05, 0.1) is 5.60 Å². The second-order valence-electron chi connectivity index (χ2n) is 7.77. The van der Waals surface area contributed by atoms with E-state index in [1.54, 1.807) is 0 Å². The van der Waals surface area contributed by atoms with E-state index in [2.05, 4.69) is 31.9 Å². The molecule has 1 N–H and O–H groups in total. The fourth-order valence-electron chi connectivity index (χ4n) is 4.66. The second kappa shape index (κ2) is 4.62. The Balaban J connectivity index is 1.78. The molecule has 2 aliphatic heterocycles. The summed E-state index contributed by atoms with van der Waals surface area (Å²) in [5.41, 5.74) is 1.35. The Kier molecular flexibility index (Phi) is 3.01. The molecule has 1 aromatic rings. The predicted octanol–water partition coefficient (Wildman–Crippen LogP) is 2.53. The van der Waals surface area contributed by atoms with Crippen molar-refractivity contribution in [2.75, 3.05) is 26.9 Å². The van der Waals surface area contributed by atoms with E-state index in [1.165, 1.54) is 5.56 Å². The SMILES string of the molecule is CN1CCC(C2(O)c3cc4c(cc3CC2(C)C)OCO4)CC1. The highest BCUT2D eigenvalue weighted by Crippen LogP contribution is 2.58. The van der Waals surface area contributed by atoms with Crippen LogP contribution in [0, 0.1) is 11.3 Å². The lowest BCUT2D eigenvalue weighted by Crippen LogP contribution is -2.49. The zero-order valence-electron chi connectivity index (χ0n) is 13.7. The second-order valence-corrected chi connectivity index (χ2v) is 7.77. The first kappa shape index (κ1) is 14.3. The minimum absolute atomic E-state index is 0.162. The number of benzene rings is 1. The summed E-state index contributed by atoms with van der Waals surface area (Å²) in [6.45, 7) is 6.79. The largest absolute Gasteiger partial charge is 0.454 e. The number of fused-ring (bicyclic) bond motifs is 2. The van der Waals surface area contributed by atoms with E-state index in [9.17, 15) is 5.11 Å². The molecule has 0 spiro atoms.